The first-order chi connectivity index (χ1) is 28.4. The Balaban J connectivity index is 1.54. The number of benzene rings is 1. The number of hydrogen-bond donors (Lipinski definition) is 15. The summed E-state index contributed by atoms with van der Waals surface area (Å²) in [5.74, 6) is -8.73. The van der Waals surface area contributed by atoms with Crippen LogP contribution in [0.15, 0.2) is 18.2 Å². The van der Waals surface area contributed by atoms with Gasteiger partial charge < -0.3 is 74.0 Å². The average molecular weight is 866 g/mol. The van der Waals surface area contributed by atoms with Gasteiger partial charge in [-0.25, -0.2) is 4.79 Å². The summed E-state index contributed by atoms with van der Waals surface area (Å²) in [6, 6.07) is -1.17. The number of phenolic OH excluding ortho intramolecular Hbond substituents is 2. The normalized spacial score (nSPS) is 17.9. The van der Waals surface area contributed by atoms with Gasteiger partial charge in [-0.3, -0.25) is 43.8 Å². The molecule has 0 saturated carbocycles. The minimum absolute atomic E-state index is 0.0153. The van der Waals surface area contributed by atoms with Crippen LogP contribution in [0.1, 0.15) is 50.5 Å². The summed E-state index contributed by atoms with van der Waals surface area (Å²) in [7, 11) is 0. The summed E-state index contributed by atoms with van der Waals surface area (Å²) in [6.45, 7) is -1.97. The SMILES string of the molecule is N=C(N)NCCCC(NC(=O)CNC(=O)CCCCC1SCC2NC(=O)NC21)C(=O)NCC(=O)NC(CC(=O)O)C(=O)NC(Cc1ccc(O)c(O)c1)C(=O)NCC(=O)O. The molecule has 3 rings (SSSR count). The standard InChI is InChI=1S/C35H51N11O13S/c36-34(37)38-9-3-4-18(42-26(50)13-39-25(49)6-2-1-5-24-30-21(16-60-24)45-35(59)46-30)31(56)40-14-27(51)43-20(12-28(52)53)33(58)44-19(32(57)41-15-29(54)55)10-17-7-8-22(47)23(48)11-17/h7-8,11,18-21,24,30,47-48H,1-6,9-10,12-16H2,(H,39,49)(H,40,56)(H,41,57)(H,42,50)(H,43,51)(H,44,58)(H,52,53)(H,54,55)(H4,36,37,38)(H2,45,46,59). The van der Waals surface area contributed by atoms with Crippen molar-refractivity contribution in [2.45, 2.75) is 86.8 Å². The van der Waals surface area contributed by atoms with E-state index in [1.165, 1.54) is 6.07 Å². The highest BCUT2D eigenvalue weighted by atomic mass is 32.2. The number of aromatic hydroxyl groups is 2. The minimum Gasteiger partial charge on any atom is -0.504 e. The number of nitrogens with one attached hydrogen (secondary N) is 10. The predicted molar refractivity (Wildman–Crippen MR) is 211 cm³/mol. The molecule has 1 aromatic rings. The molecule has 0 bridgehead atoms. The maximum Gasteiger partial charge on any atom is 0.322 e. The molecule has 1 aromatic carbocycles. The van der Waals surface area contributed by atoms with Gasteiger partial charge in [0.1, 0.15) is 24.7 Å². The molecule has 0 radical (unpaired) electrons. The molecule has 0 aromatic heterocycles. The Morgan fingerprint density at radius 1 is 0.767 bits per heavy atom. The van der Waals surface area contributed by atoms with Gasteiger partial charge in [-0.2, -0.15) is 11.8 Å². The van der Waals surface area contributed by atoms with Crippen molar-refractivity contribution >= 4 is 71.1 Å². The number of carbonyl (C=O) groups is 9. The van der Waals surface area contributed by atoms with E-state index >= 15 is 0 Å². The number of carboxylic acids is 2. The van der Waals surface area contributed by atoms with E-state index in [4.69, 9.17) is 16.2 Å². The molecule has 0 aliphatic carbocycles. The first kappa shape index (κ1) is 47.8. The molecule has 6 atom stereocenters. The van der Waals surface area contributed by atoms with Crippen molar-refractivity contribution in [1.82, 2.24) is 47.9 Å². The number of thioether (sulfide) groups is 1. The number of fused-ring (bicyclic) bond motifs is 1. The third-order valence-corrected chi connectivity index (χ3v) is 10.7. The van der Waals surface area contributed by atoms with Gasteiger partial charge in [-0.1, -0.05) is 12.5 Å². The number of hydrogen-bond acceptors (Lipinski definition) is 13. The van der Waals surface area contributed by atoms with Gasteiger partial charge in [0, 0.05) is 30.4 Å². The zero-order chi connectivity index (χ0) is 44.4. The number of urea groups is 1. The number of carbonyl (C=O) groups excluding carboxylic acids is 7. The molecular formula is C35H51N11O13S. The average Bonchev–Trinajstić information content (AvgIpc) is 3.74. The van der Waals surface area contributed by atoms with E-state index in [1.54, 1.807) is 11.8 Å². The fraction of sp³-hybridized carbons (Fsp3) is 0.543. The lowest BCUT2D eigenvalue weighted by Crippen LogP contribution is -2.56. The Kier molecular flexibility index (Phi) is 19.0. The second-order valence-electron chi connectivity index (χ2n) is 13.9. The first-order valence-electron chi connectivity index (χ1n) is 18.8. The van der Waals surface area contributed by atoms with Crippen LogP contribution in [-0.4, -0.2) is 147 Å². The highest BCUT2D eigenvalue weighted by Gasteiger charge is 2.42. The van der Waals surface area contributed by atoms with Gasteiger partial charge in [-0.15, -0.1) is 0 Å². The smallest absolute Gasteiger partial charge is 0.322 e. The van der Waals surface area contributed by atoms with Crippen LogP contribution >= 0.6 is 11.8 Å². The molecule has 25 heteroatoms. The number of phenols is 2. The number of amides is 8. The van der Waals surface area contributed by atoms with Crippen LogP contribution in [0.5, 0.6) is 11.5 Å². The molecular weight excluding hydrogens is 815 g/mol. The number of nitrogens with two attached hydrogens (primary N) is 1. The fourth-order valence-corrected chi connectivity index (χ4v) is 7.75. The third-order valence-electron chi connectivity index (χ3n) is 9.14. The highest BCUT2D eigenvalue weighted by Crippen LogP contribution is 2.33. The van der Waals surface area contributed by atoms with E-state index in [2.05, 4.69) is 47.9 Å². The summed E-state index contributed by atoms with van der Waals surface area (Å²) in [4.78, 5) is 112. The van der Waals surface area contributed by atoms with Crippen LogP contribution in [0.2, 0.25) is 0 Å². The van der Waals surface area contributed by atoms with Crippen molar-refractivity contribution in [3.8, 4) is 11.5 Å². The van der Waals surface area contributed by atoms with Gasteiger partial charge in [-0.05, 0) is 43.4 Å². The Labute approximate surface area is 347 Å². The molecule has 60 heavy (non-hydrogen) atoms. The Morgan fingerprint density at radius 2 is 1.43 bits per heavy atom. The first-order valence-corrected chi connectivity index (χ1v) is 19.9. The van der Waals surface area contributed by atoms with Crippen molar-refractivity contribution < 1.29 is 63.6 Å². The van der Waals surface area contributed by atoms with Gasteiger partial charge in [0.05, 0.1) is 31.6 Å². The monoisotopic (exact) mass is 865 g/mol. The fourth-order valence-electron chi connectivity index (χ4n) is 6.20. The molecule has 2 aliphatic heterocycles. The molecule has 24 nitrogen and oxygen atoms in total. The van der Waals surface area contributed by atoms with Crippen molar-refractivity contribution in [3.05, 3.63) is 23.8 Å². The van der Waals surface area contributed by atoms with Gasteiger partial charge in [0.25, 0.3) is 0 Å². The Bertz CT molecular complexity index is 1780. The summed E-state index contributed by atoms with van der Waals surface area (Å²) < 4.78 is 0. The van der Waals surface area contributed by atoms with E-state index in [-0.39, 0.29) is 67.1 Å². The van der Waals surface area contributed by atoms with Crippen LogP contribution in [0, 0.1) is 5.41 Å². The van der Waals surface area contributed by atoms with Gasteiger partial charge in [0.15, 0.2) is 17.5 Å². The highest BCUT2D eigenvalue weighted by molar-refractivity contribution is 8.00. The number of rotatable bonds is 25. The molecule has 2 saturated heterocycles. The lowest BCUT2D eigenvalue weighted by molar-refractivity contribution is -0.141. The van der Waals surface area contributed by atoms with Crippen molar-refractivity contribution in [1.29, 1.82) is 5.41 Å². The van der Waals surface area contributed by atoms with Crippen LogP contribution in [0.4, 0.5) is 4.79 Å². The lowest BCUT2D eigenvalue weighted by atomic mass is 10.0. The molecule has 6 unspecified atom stereocenters. The summed E-state index contributed by atoms with van der Waals surface area (Å²) in [5.41, 5.74) is 5.50. The Hall–Kier alpha value is -6.53. The van der Waals surface area contributed by atoms with Crippen molar-refractivity contribution in [2.24, 2.45) is 5.73 Å². The number of carboxylic acid groups (broad SMARTS) is 2. The molecule has 2 aliphatic rings. The van der Waals surface area contributed by atoms with E-state index in [1.807, 2.05) is 0 Å². The minimum atomic E-state index is -1.81. The molecule has 2 fully saturated rings. The maximum atomic E-state index is 13.2. The Morgan fingerprint density at radius 3 is 2.10 bits per heavy atom. The second-order valence-corrected chi connectivity index (χ2v) is 15.2. The number of guanidine groups is 1. The summed E-state index contributed by atoms with van der Waals surface area (Å²) >= 11 is 1.76. The third kappa shape index (κ3) is 16.8. The van der Waals surface area contributed by atoms with E-state index < -0.39 is 103 Å². The van der Waals surface area contributed by atoms with Crippen molar-refractivity contribution in [3.63, 3.8) is 0 Å². The second kappa shape index (κ2) is 23.8. The quantitative estimate of drug-likeness (QED) is 0.0146. The summed E-state index contributed by atoms with van der Waals surface area (Å²) in [5, 5.41) is 67.5. The van der Waals surface area contributed by atoms with Crippen LogP contribution in [0.25, 0.3) is 0 Å². The lowest BCUT2D eigenvalue weighted by Gasteiger charge is -2.23. The van der Waals surface area contributed by atoms with Crippen LogP contribution < -0.4 is 53.6 Å². The van der Waals surface area contributed by atoms with Crippen LogP contribution in [-0.2, 0) is 44.8 Å². The van der Waals surface area contributed by atoms with Crippen LogP contribution in [0.3, 0.4) is 0 Å². The molecule has 2 heterocycles. The molecule has 8 amide bonds. The number of aliphatic carboxylic acids is 2. The van der Waals surface area contributed by atoms with E-state index in [0.29, 0.717) is 6.42 Å². The topological polar surface area (TPSA) is 393 Å². The zero-order valence-corrected chi connectivity index (χ0v) is 33.2. The zero-order valence-electron chi connectivity index (χ0n) is 32.3. The molecule has 0 spiro atoms. The summed E-state index contributed by atoms with van der Waals surface area (Å²) in [6.07, 6.45) is 1.05. The molecule has 330 valence electrons. The van der Waals surface area contributed by atoms with Gasteiger partial charge in [0.2, 0.25) is 35.4 Å². The van der Waals surface area contributed by atoms with Crippen molar-refractivity contribution in [2.75, 3.05) is 31.9 Å². The molecule has 16 N–H and O–H groups in total. The number of unbranched alkanes of at least 4 members (excludes halogenated alkanes) is 1. The maximum absolute atomic E-state index is 13.2. The van der Waals surface area contributed by atoms with Gasteiger partial charge >= 0.3 is 18.0 Å². The predicted octanol–water partition coefficient (Wildman–Crippen LogP) is -4.01. The van der Waals surface area contributed by atoms with E-state index in [9.17, 15) is 58.5 Å². The largest absolute Gasteiger partial charge is 0.504 e. The van der Waals surface area contributed by atoms with E-state index in [0.717, 1.165) is 30.7 Å².